The van der Waals surface area contributed by atoms with Crippen molar-refractivity contribution < 1.29 is 9.59 Å². The predicted octanol–water partition coefficient (Wildman–Crippen LogP) is 3.57. The lowest BCUT2D eigenvalue weighted by Crippen LogP contribution is -2.39. The van der Waals surface area contributed by atoms with Crippen molar-refractivity contribution in [1.29, 1.82) is 0 Å². The lowest BCUT2D eigenvalue weighted by Gasteiger charge is -2.13. The number of imide groups is 1. The van der Waals surface area contributed by atoms with Crippen molar-refractivity contribution in [3.8, 4) is 17.1 Å². The number of carbonyl (C=O) groups is 2. The van der Waals surface area contributed by atoms with Crippen LogP contribution in [0.2, 0.25) is 5.02 Å². The number of urea groups is 1. The molecule has 3 amide bonds. The van der Waals surface area contributed by atoms with Crippen molar-refractivity contribution >= 4 is 35.3 Å². The third kappa shape index (κ3) is 4.52. The minimum absolute atomic E-state index is 0.500. The van der Waals surface area contributed by atoms with Gasteiger partial charge in [0, 0.05) is 16.3 Å². The van der Waals surface area contributed by atoms with Crippen LogP contribution in [-0.4, -0.2) is 32.0 Å². The average Bonchev–Trinajstić information content (AvgIpc) is 3.05. The molecule has 0 aliphatic heterocycles. The molecule has 3 N–H and O–H groups in total. The molecule has 0 bridgehead atoms. The normalized spacial score (nSPS) is 11.8. The highest BCUT2D eigenvalue weighted by Crippen LogP contribution is 2.31. The van der Waals surface area contributed by atoms with E-state index in [4.69, 9.17) is 17.3 Å². The van der Waals surface area contributed by atoms with Gasteiger partial charge in [-0.05, 0) is 38.1 Å². The smallest absolute Gasteiger partial charge is 0.318 e. The van der Waals surface area contributed by atoms with Crippen LogP contribution < -0.4 is 11.1 Å². The standard InChI is InChI=1S/C19H18ClN5O2S/c1-11-6-8-15(9-7-11)25-16(13-4-3-5-14(20)10-13)23-24-19(25)28-12(2)17(26)22-18(21)27/h3-10,12H,1-2H3,(H3,21,22,26,27). The zero-order valence-corrected chi connectivity index (χ0v) is 16.8. The molecule has 1 heterocycles. The van der Waals surface area contributed by atoms with Crippen LogP contribution in [0.5, 0.6) is 0 Å². The number of nitrogens with one attached hydrogen (secondary N) is 1. The van der Waals surface area contributed by atoms with Gasteiger partial charge in [-0.3, -0.25) is 14.7 Å². The zero-order chi connectivity index (χ0) is 20.3. The number of nitrogens with zero attached hydrogens (tertiary/aromatic N) is 3. The van der Waals surface area contributed by atoms with E-state index in [1.165, 1.54) is 11.8 Å². The van der Waals surface area contributed by atoms with Gasteiger partial charge in [-0.2, -0.15) is 0 Å². The molecule has 0 aliphatic rings. The quantitative estimate of drug-likeness (QED) is 0.620. The number of primary amides is 1. The summed E-state index contributed by atoms with van der Waals surface area (Å²) in [7, 11) is 0. The maximum Gasteiger partial charge on any atom is 0.318 e. The molecule has 1 unspecified atom stereocenters. The van der Waals surface area contributed by atoms with Crippen LogP contribution in [0.1, 0.15) is 12.5 Å². The summed E-state index contributed by atoms with van der Waals surface area (Å²) in [6, 6.07) is 14.3. The van der Waals surface area contributed by atoms with Gasteiger partial charge in [0.15, 0.2) is 11.0 Å². The third-order valence-electron chi connectivity index (χ3n) is 3.91. The lowest BCUT2D eigenvalue weighted by molar-refractivity contribution is -0.119. The summed E-state index contributed by atoms with van der Waals surface area (Å²) in [6.07, 6.45) is 0. The highest BCUT2D eigenvalue weighted by Gasteiger charge is 2.22. The van der Waals surface area contributed by atoms with E-state index in [9.17, 15) is 9.59 Å². The molecule has 9 heteroatoms. The Morgan fingerprint density at radius 3 is 2.54 bits per heavy atom. The average molecular weight is 416 g/mol. The van der Waals surface area contributed by atoms with E-state index < -0.39 is 17.2 Å². The van der Waals surface area contributed by atoms with Crippen LogP contribution >= 0.6 is 23.4 Å². The van der Waals surface area contributed by atoms with E-state index in [0.717, 1.165) is 16.8 Å². The fraction of sp³-hybridized carbons (Fsp3) is 0.158. The second-order valence-electron chi connectivity index (χ2n) is 6.10. The molecule has 3 rings (SSSR count). The van der Waals surface area contributed by atoms with Gasteiger partial charge < -0.3 is 5.73 Å². The van der Waals surface area contributed by atoms with E-state index in [-0.39, 0.29) is 0 Å². The van der Waals surface area contributed by atoms with E-state index in [1.54, 1.807) is 19.1 Å². The number of nitrogens with two attached hydrogens (primary N) is 1. The molecule has 0 aliphatic carbocycles. The van der Waals surface area contributed by atoms with Gasteiger partial charge in [-0.15, -0.1) is 10.2 Å². The number of aromatic nitrogens is 3. The van der Waals surface area contributed by atoms with Gasteiger partial charge in [-0.1, -0.05) is 53.2 Å². The summed E-state index contributed by atoms with van der Waals surface area (Å²) < 4.78 is 1.85. The minimum Gasteiger partial charge on any atom is -0.351 e. The molecule has 144 valence electrons. The molecule has 28 heavy (non-hydrogen) atoms. The van der Waals surface area contributed by atoms with Crippen LogP contribution in [0.3, 0.4) is 0 Å². The number of amides is 3. The van der Waals surface area contributed by atoms with Gasteiger partial charge in [0.1, 0.15) is 0 Å². The number of benzene rings is 2. The molecule has 0 spiro atoms. The summed E-state index contributed by atoms with van der Waals surface area (Å²) in [5.74, 6) is 0.0941. The summed E-state index contributed by atoms with van der Waals surface area (Å²) in [5, 5.41) is 11.1. The topological polar surface area (TPSA) is 103 Å². The van der Waals surface area contributed by atoms with Gasteiger partial charge in [0.05, 0.1) is 5.25 Å². The van der Waals surface area contributed by atoms with Crippen molar-refractivity contribution in [1.82, 2.24) is 20.1 Å². The molecule has 2 aromatic carbocycles. The van der Waals surface area contributed by atoms with Crippen LogP contribution in [0.15, 0.2) is 53.7 Å². The summed E-state index contributed by atoms with van der Waals surface area (Å²) in [5.41, 5.74) is 7.78. The Bertz CT molecular complexity index is 1020. The highest BCUT2D eigenvalue weighted by atomic mass is 35.5. The van der Waals surface area contributed by atoms with Gasteiger partial charge >= 0.3 is 6.03 Å². The van der Waals surface area contributed by atoms with E-state index in [2.05, 4.69) is 15.5 Å². The highest BCUT2D eigenvalue weighted by molar-refractivity contribution is 8.00. The monoisotopic (exact) mass is 415 g/mol. The molecule has 3 aromatic rings. The number of hydrogen-bond acceptors (Lipinski definition) is 5. The molecule has 0 fully saturated rings. The number of halogens is 1. The van der Waals surface area contributed by atoms with Crippen LogP contribution in [0, 0.1) is 6.92 Å². The second-order valence-corrected chi connectivity index (χ2v) is 7.85. The Balaban J connectivity index is 2.04. The second kappa shape index (κ2) is 8.45. The number of thioether (sulfide) groups is 1. The summed E-state index contributed by atoms with van der Waals surface area (Å²) in [6.45, 7) is 3.66. The van der Waals surface area contributed by atoms with Crippen molar-refractivity contribution in [3.05, 3.63) is 59.1 Å². The Kier molecular flexibility index (Phi) is 6.01. The molecular formula is C19H18ClN5O2S. The molecule has 1 atom stereocenters. The molecular weight excluding hydrogens is 398 g/mol. The number of aryl methyl sites for hydroxylation is 1. The van der Waals surface area contributed by atoms with Gasteiger partial charge in [0.25, 0.3) is 0 Å². The summed E-state index contributed by atoms with van der Waals surface area (Å²) in [4.78, 5) is 23.0. The third-order valence-corrected chi connectivity index (χ3v) is 5.18. The Morgan fingerprint density at radius 1 is 1.18 bits per heavy atom. The number of hydrogen-bond donors (Lipinski definition) is 2. The van der Waals surface area contributed by atoms with E-state index in [1.807, 2.05) is 47.9 Å². The van der Waals surface area contributed by atoms with Crippen molar-refractivity contribution in [3.63, 3.8) is 0 Å². The van der Waals surface area contributed by atoms with Crippen LogP contribution in [0.25, 0.3) is 17.1 Å². The predicted molar refractivity (Wildman–Crippen MR) is 110 cm³/mol. The van der Waals surface area contributed by atoms with E-state index in [0.29, 0.717) is 16.0 Å². The maximum absolute atomic E-state index is 12.1. The Labute approximate surface area is 171 Å². The van der Waals surface area contributed by atoms with Crippen LogP contribution in [-0.2, 0) is 4.79 Å². The van der Waals surface area contributed by atoms with Crippen molar-refractivity contribution in [2.24, 2.45) is 5.73 Å². The fourth-order valence-corrected chi connectivity index (χ4v) is 3.58. The number of carbonyl (C=O) groups excluding carboxylic acids is 2. The zero-order valence-electron chi connectivity index (χ0n) is 15.2. The molecule has 0 radical (unpaired) electrons. The van der Waals surface area contributed by atoms with Gasteiger partial charge in [0.2, 0.25) is 5.91 Å². The molecule has 1 aromatic heterocycles. The van der Waals surface area contributed by atoms with E-state index >= 15 is 0 Å². The Hall–Kier alpha value is -2.84. The SMILES string of the molecule is Cc1ccc(-n2c(SC(C)C(=O)NC(N)=O)nnc2-c2cccc(Cl)c2)cc1. The first-order valence-electron chi connectivity index (χ1n) is 8.40. The summed E-state index contributed by atoms with van der Waals surface area (Å²) >= 11 is 7.31. The molecule has 0 saturated carbocycles. The Morgan fingerprint density at radius 2 is 1.89 bits per heavy atom. The molecule has 0 saturated heterocycles. The first kappa shape index (κ1) is 19.9. The first-order chi connectivity index (χ1) is 13.3. The first-order valence-corrected chi connectivity index (χ1v) is 9.66. The van der Waals surface area contributed by atoms with Crippen molar-refractivity contribution in [2.45, 2.75) is 24.3 Å². The maximum atomic E-state index is 12.1. The van der Waals surface area contributed by atoms with Gasteiger partial charge in [-0.25, -0.2) is 4.79 Å². The minimum atomic E-state index is -0.892. The molecule has 7 nitrogen and oxygen atoms in total. The van der Waals surface area contributed by atoms with Crippen LogP contribution in [0.4, 0.5) is 4.79 Å². The largest absolute Gasteiger partial charge is 0.351 e. The fourth-order valence-electron chi connectivity index (χ4n) is 2.52. The van der Waals surface area contributed by atoms with Crippen molar-refractivity contribution in [2.75, 3.05) is 0 Å². The lowest BCUT2D eigenvalue weighted by atomic mass is 10.2. The number of rotatable bonds is 5.